The predicted molar refractivity (Wildman–Crippen MR) is 122 cm³/mol. The molecule has 1 amide bonds. The molecule has 1 atom stereocenters. The van der Waals surface area contributed by atoms with E-state index in [1.54, 1.807) is 11.3 Å². The molecule has 1 aromatic carbocycles. The number of carbonyl (C=O) groups excluding carboxylic acids is 2. The summed E-state index contributed by atoms with van der Waals surface area (Å²) in [5.74, 6) is -1.12. The Kier molecular flexibility index (Phi) is 6.18. The van der Waals surface area contributed by atoms with E-state index < -0.39 is 28.0 Å². The fourth-order valence-corrected chi connectivity index (χ4v) is 5.58. The van der Waals surface area contributed by atoms with Crippen molar-refractivity contribution >= 4 is 38.9 Å². The summed E-state index contributed by atoms with van der Waals surface area (Å²) in [6, 6.07) is 9.35. The average Bonchev–Trinajstić information content (AvgIpc) is 3.41. The number of ether oxygens (including phenoxy) is 1. The summed E-state index contributed by atoms with van der Waals surface area (Å²) in [7, 11) is -3.90. The van der Waals surface area contributed by atoms with Crippen LogP contribution in [0.4, 0.5) is 5.69 Å². The first-order valence-corrected chi connectivity index (χ1v) is 12.5. The Morgan fingerprint density at radius 1 is 1.16 bits per heavy atom. The fraction of sp³-hybridized carbons (Fsp3) is 0.273. The molecule has 2 aromatic heterocycles. The van der Waals surface area contributed by atoms with Gasteiger partial charge in [0.25, 0.3) is 5.91 Å². The van der Waals surface area contributed by atoms with Crippen LogP contribution >= 0.6 is 11.3 Å². The third-order valence-corrected chi connectivity index (χ3v) is 7.50. The van der Waals surface area contributed by atoms with Gasteiger partial charge in [-0.25, -0.2) is 18.4 Å². The van der Waals surface area contributed by atoms with Crippen molar-refractivity contribution in [3.8, 4) is 5.00 Å². The number of nitrogens with one attached hydrogen (secondary N) is 1. The third-order valence-electron chi connectivity index (χ3n) is 5.28. The van der Waals surface area contributed by atoms with E-state index in [1.165, 1.54) is 36.1 Å². The van der Waals surface area contributed by atoms with Crippen LogP contribution in [0, 0.1) is 0 Å². The molecule has 168 valence electrons. The zero-order chi connectivity index (χ0) is 22.9. The molecule has 1 unspecified atom stereocenters. The number of benzene rings is 1. The zero-order valence-corrected chi connectivity index (χ0v) is 19.0. The molecule has 2 heterocycles. The first-order valence-electron chi connectivity index (χ1n) is 10.2. The minimum absolute atomic E-state index is 0.124. The quantitative estimate of drug-likeness (QED) is 0.533. The van der Waals surface area contributed by atoms with E-state index in [9.17, 15) is 18.0 Å². The van der Waals surface area contributed by atoms with Crippen LogP contribution in [-0.2, 0) is 32.4 Å². The molecule has 0 saturated heterocycles. The Balaban J connectivity index is 1.53. The van der Waals surface area contributed by atoms with E-state index in [4.69, 9.17) is 9.88 Å². The summed E-state index contributed by atoms with van der Waals surface area (Å²) in [4.78, 5) is 26.8. The monoisotopic (exact) mass is 473 g/mol. The summed E-state index contributed by atoms with van der Waals surface area (Å²) in [6.07, 6.45) is 6.49. The molecular formula is C22H23N3O5S2. The number of primary sulfonamides is 1. The lowest BCUT2D eigenvalue weighted by Gasteiger charge is -2.16. The molecule has 8 nitrogen and oxygen atoms in total. The van der Waals surface area contributed by atoms with Crippen molar-refractivity contribution < 1.29 is 22.7 Å². The molecule has 0 aliphatic heterocycles. The van der Waals surface area contributed by atoms with Gasteiger partial charge in [-0.3, -0.25) is 4.79 Å². The summed E-state index contributed by atoms with van der Waals surface area (Å²) in [5.41, 5.74) is 1.76. The summed E-state index contributed by atoms with van der Waals surface area (Å²) in [5, 5.41) is 8.50. The molecule has 1 aliphatic carbocycles. The second-order valence-corrected chi connectivity index (χ2v) is 10.2. The minimum atomic E-state index is -3.90. The summed E-state index contributed by atoms with van der Waals surface area (Å²) >= 11 is 1.58. The predicted octanol–water partition coefficient (Wildman–Crippen LogP) is 3.25. The smallest absolute Gasteiger partial charge is 0.342 e. The zero-order valence-electron chi connectivity index (χ0n) is 17.4. The number of nitrogens with zero attached hydrogens (tertiary/aromatic N) is 1. The van der Waals surface area contributed by atoms with E-state index in [2.05, 4.69) is 5.32 Å². The van der Waals surface area contributed by atoms with Gasteiger partial charge < -0.3 is 14.6 Å². The molecule has 1 aliphatic rings. The number of hydrogen-bond donors (Lipinski definition) is 2. The molecule has 10 heteroatoms. The third kappa shape index (κ3) is 4.62. The standard InChI is InChI=1S/C22H23N3O5S2/c1-14(20(26)24-15-7-6-8-16(13-15)32(23,28)29)30-22(27)19-17-9-2-3-10-18(17)31-21(19)25-11-4-5-12-25/h4-8,11-14H,2-3,9-10H2,1H3,(H,24,26)(H2,23,28,29). The van der Waals surface area contributed by atoms with Crippen LogP contribution in [0.2, 0.25) is 0 Å². The van der Waals surface area contributed by atoms with Crippen molar-refractivity contribution in [3.05, 3.63) is 64.8 Å². The lowest BCUT2D eigenvalue weighted by molar-refractivity contribution is -0.123. The molecule has 0 radical (unpaired) electrons. The van der Waals surface area contributed by atoms with E-state index in [1.807, 2.05) is 29.1 Å². The molecule has 4 rings (SSSR count). The molecule has 0 saturated carbocycles. The lowest BCUT2D eigenvalue weighted by Crippen LogP contribution is -2.30. The number of rotatable bonds is 6. The highest BCUT2D eigenvalue weighted by Crippen LogP contribution is 2.37. The number of nitrogens with two attached hydrogens (primary N) is 1. The van der Waals surface area contributed by atoms with Crippen molar-refractivity contribution in [2.24, 2.45) is 5.14 Å². The normalized spacial score (nSPS) is 14.4. The molecule has 3 aromatic rings. The topological polar surface area (TPSA) is 120 Å². The number of carbonyl (C=O) groups is 2. The average molecular weight is 474 g/mol. The summed E-state index contributed by atoms with van der Waals surface area (Å²) in [6.45, 7) is 1.48. The number of amides is 1. The maximum absolute atomic E-state index is 13.1. The number of hydrogen-bond acceptors (Lipinski definition) is 6. The lowest BCUT2D eigenvalue weighted by atomic mass is 9.95. The molecule has 0 bridgehead atoms. The van der Waals surface area contributed by atoms with Gasteiger partial charge in [0.05, 0.1) is 10.5 Å². The van der Waals surface area contributed by atoms with Gasteiger partial charge in [0, 0.05) is 23.0 Å². The highest BCUT2D eigenvalue weighted by Gasteiger charge is 2.29. The van der Waals surface area contributed by atoms with Crippen LogP contribution in [0.3, 0.4) is 0 Å². The molecule has 3 N–H and O–H groups in total. The van der Waals surface area contributed by atoms with Crippen LogP contribution in [0.25, 0.3) is 5.00 Å². The number of aromatic nitrogens is 1. The van der Waals surface area contributed by atoms with Gasteiger partial charge in [-0.15, -0.1) is 11.3 Å². The number of thiophene rings is 1. The van der Waals surface area contributed by atoms with Crippen molar-refractivity contribution in [2.45, 2.75) is 43.6 Å². The Hall–Kier alpha value is -2.95. The van der Waals surface area contributed by atoms with Gasteiger partial charge in [0.2, 0.25) is 10.0 Å². The second-order valence-electron chi connectivity index (χ2n) is 7.59. The fourth-order valence-electron chi connectivity index (χ4n) is 3.68. The van der Waals surface area contributed by atoms with Gasteiger partial charge >= 0.3 is 5.97 Å². The minimum Gasteiger partial charge on any atom is -0.449 e. The van der Waals surface area contributed by atoms with Crippen molar-refractivity contribution in [2.75, 3.05) is 5.32 Å². The second kappa shape index (κ2) is 8.89. The highest BCUT2D eigenvalue weighted by molar-refractivity contribution is 7.89. The Morgan fingerprint density at radius 2 is 1.88 bits per heavy atom. The van der Waals surface area contributed by atoms with Crippen LogP contribution in [-0.4, -0.2) is 31.0 Å². The SMILES string of the molecule is CC(OC(=O)c1c(-n2cccc2)sc2c1CCCC2)C(=O)Nc1cccc(S(N)(=O)=O)c1. The van der Waals surface area contributed by atoms with E-state index in [0.29, 0.717) is 5.56 Å². The largest absolute Gasteiger partial charge is 0.449 e. The molecule has 0 spiro atoms. The molecule has 0 fully saturated rings. The Bertz CT molecular complexity index is 1260. The number of anilines is 1. The van der Waals surface area contributed by atoms with Gasteiger partial charge in [-0.05, 0) is 68.5 Å². The van der Waals surface area contributed by atoms with Gasteiger partial charge in [-0.1, -0.05) is 6.07 Å². The van der Waals surface area contributed by atoms with Gasteiger partial charge in [0.15, 0.2) is 6.10 Å². The van der Waals surface area contributed by atoms with Crippen LogP contribution < -0.4 is 10.5 Å². The maximum Gasteiger partial charge on any atom is 0.342 e. The number of esters is 1. The first-order chi connectivity index (χ1) is 15.2. The Morgan fingerprint density at radius 3 is 2.59 bits per heavy atom. The van der Waals surface area contributed by atoms with Crippen LogP contribution in [0.5, 0.6) is 0 Å². The maximum atomic E-state index is 13.1. The summed E-state index contributed by atoms with van der Waals surface area (Å²) < 4.78 is 30.5. The molecule has 32 heavy (non-hydrogen) atoms. The Labute approximate surface area is 190 Å². The molecular weight excluding hydrogens is 450 g/mol. The van der Waals surface area contributed by atoms with E-state index in [-0.39, 0.29) is 10.6 Å². The van der Waals surface area contributed by atoms with Crippen LogP contribution in [0.1, 0.15) is 40.6 Å². The van der Waals surface area contributed by atoms with Crippen molar-refractivity contribution in [3.63, 3.8) is 0 Å². The van der Waals surface area contributed by atoms with E-state index in [0.717, 1.165) is 36.2 Å². The highest BCUT2D eigenvalue weighted by atomic mass is 32.2. The van der Waals surface area contributed by atoms with Crippen LogP contribution in [0.15, 0.2) is 53.7 Å². The van der Waals surface area contributed by atoms with Gasteiger partial charge in [-0.2, -0.15) is 0 Å². The number of fused-ring (bicyclic) bond motifs is 1. The number of aryl methyl sites for hydroxylation is 1. The van der Waals surface area contributed by atoms with Crippen molar-refractivity contribution in [1.29, 1.82) is 0 Å². The van der Waals surface area contributed by atoms with Crippen molar-refractivity contribution in [1.82, 2.24) is 4.57 Å². The number of sulfonamides is 1. The van der Waals surface area contributed by atoms with E-state index >= 15 is 0 Å². The van der Waals surface area contributed by atoms with Gasteiger partial charge in [0.1, 0.15) is 5.00 Å². The first kappa shape index (κ1) is 22.3.